The van der Waals surface area contributed by atoms with Gasteiger partial charge in [0.05, 0.1) is 5.92 Å². The highest BCUT2D eigenvalue weighted by Crippen LogP contribution is 2.38. The van der Waals surface area contributed by atoms with Crippen LogP contribution in [0.3, 0.4) is 0 Å². The van der Waals surface area contributed by atoms with Crippen molar-refractivity contribution in [2.75, 3.05) is 20.1 Å². The van der Waals surface area contributed by atoms with Crippen LogP contribution in [0.25, 0.3) is 0 Å². The van der Waals surface area contributed by atoms with Crippen LogP contribution < -0.4 is 5.73 Å². The number of hydrogen-bond acceptors (Lipinski definition) is 3. The SMILES string of the molecule is CC1CC1CN(C)CC(C(N)=NO)c1ccccc1. The number of rotatable bonds is 6. The molecule has 2 rings (SSSR count). The highest BCUT2D eigenvalue weighted by Gasteiger charge is 2.33. The van der Waals surface area contributed by atoms with E-state index in [1.165, 1.54) is 6.42 Å². The molecule has 1 fully saturated rings. The summed E-state index contributed by atoms with van der Waals surface area (Å²) in [5, 5.41) is 12.2. The fraction of sp³-hybridized carbons (Fsp3) is 0.533. The van der Waals surface area contributed by atoms with Crippen molar-refractivity contribution in [2.45, 2.75) is 19.3 Å². The van der Waals surface area contributed by atoms with E-state index >= 15 is 0 Å². The average Bonchev–Trinajstić information content (AvgIpc) is 3.11. The number of benzene rings is 1. The van der Waals surface area contributed by atoms with Gasteiger partial charge in [0, 0.05) is 13.1 Å². The van der Waals surface area contributed by atoms with E-state index < -0.39 is 0 Å². The highest BCUT2D eigenvalue weighted by atomic mass is 16.4. The third kappa shape index (κ3) is 3.70. The predicted molar refractivity (Wildman–Crippen MR) is 77.4 cm³/mol. The van der Waals surface area contributed by atoms with Gasteiger partial charge in [0.2, 0.25) is 0 Å². The number of oxime groups is 1. The molecule has 104 valence electrons. The Morgan fingerprint density at radius 3 is 2.63 bits per heavy atom. The molecule has 3 atom stereocenters. The van der Waals surface area contributed by atoms with Gasteiger partial charge in [-0.1, -0.05) is 42.4 Å². The minimum atomic E-state index is -0.0507. The molecule has 0 amide bonds. The van der Waals surface area contributed by atoms with Crippen molar-refractivity contribution in [3.63, 3.8) is 0 Å². The Balaban J connectivity index is 2.02. The number of nitrogens with two attached hydrogens (primary N) is 1. The summed E-state index contributed by atoms with van der Waals surface area (Å²) in [6, 6.07) is 9.99. The maximum Gasteiger partial charge on any atom is 0.147 e. The van der Waals surface area contributed by atoms with Crippen molar-refractivity contribution in [1.29, 1.82) is 0 Å². The smallest absolute Gasteiger partial charge is 0.147 e. The zero-order valence-electron chi connectivity index (χ0n) is 11.7. The Hall–Kier alpha value is -1.55. The van der Waals surface area contributed by atoms with E-state index in [9.17, 15) is 0 Å². The molecule has 0 heterocycles. The molecule has 1 saturated carbocycles. The summed E-state index contributed by atoms with van der Waals surface area (Å²) in [5.74, 6) is 1.89. The highest BCUT2D eigenvalue weighted by molar-refractivity contribution is 5.87. The van der Waals surface area contributed by atoms with Gasteiger partial charge < -0.3 is 15.8 Å². The Morgan fingerprint density at radius 1 is 1.47 bits per heavy atom. The molecule has 1 aliphatic carbocycles. The first-order chi connectivity index (χ1) is 9.11. The van der Waals surface area contributed by atoms with Crippen LogP contribution in [-0.4, -0.2) is 36.1 Å². The molecule has 3 unspecified atom stereocenters. The van der Waals surface area contributed by atoms with Crippen molar-refractivity contribution in [3.8, 4) is 0 Å². The second kappa shape index (κ2) is 6.06. The van der Waals surface area contributed by atoms with Gasteiger partial charge >= 0.3 is 0 Å². The van der Waals surface area contributed by atoms with Crippen LogP contribution in [0, 0.1) is 11.8 Å². The molecule has 1 aromatic carbocycles. The van der Waals surface area contributed by atoms with Gasteiger partial charge in [-0.25, -0.2) is 0 Å². The third-order valence-corrected chi connectivity index (χ3v) is 3.99. The summed E-state index contributed by atoms with van der Waals surface area (Å²) in [6.45, 7) is 4.16. The lowest BCUT2D eigenvalue weighted by Crippen LogP contribution is -2.34. The normalized spacial score (nSPS) is 24.5. The minimum Gasteiger partial charge on any atom is -0.409 e. The van der Waals surface area contributed by atoms with E-state index in [0.29, 0.717) is 0 Å². The molecular weight excluding hydrogens is 238 g/mol. The molecule has 0 spiro atoms. The molecule has 1 aliphatic rings. The molecular formula is C15H23N3O. The quantitative estimate of drug-likeness (QED) is 0.357. The lowest BCUT2D eigenvalue weighted by atomic mass is 9.97. The summed E-state index contributed by atoms with van der Waals surface area (Å²) < 4.78 is 0. The van der Waals surface area contributed by atoms with Crippen LogP contribution >= 0.6 is 0 Å². The minimum absolute atomic E-state index is 0.0507. The molecule has 0 bridgehead atoms. The van der Waals surface area contributed by atoms with Crippen LogP contribution in [0.15, 0.2) is 35.5 Å². The first-order valence-corrected chi connectivity index (χ1v) is 6.82. The molecule has 0 radical (unpaired) electrons. The molecule has 0 saturated heterocycles. The second-order valence-corrected chi connectivity index (χ2v) is 5.68. The van der Waals surface area contributed by atoms with Crippen molar-refractivity contribution in [2.24, 2.45) is 22.7 Å². The number of hydrogen-bond donors (Lipinski definition) is 2. The first kappa shape index (κ1) is 13.9. The topological polar surface area (TPSA) is 61.8 Å². The molecule has 3 N–H and O–H groups in total. The fourth-order valence-corrected chi connectivity index (χ4v) is 2.56. The van der Waals surface area contributed by atoms with Crippen LogP contribution in [-0.2, 0) is 0 Å². The van der Waals surface area contributed by atoms with Gasteiger partial charge in [0.15, 0.2) is 0 Å². The molecule has 4 heteroatoms. The number of nitrogens with zero attached hydrogens (tertiary/aromatic N) is 2. The second-order valence-electron chi connectivity index (χ2n) is 5.68. The summed E-state index contributed by atoms with van der Waals surface area (Å²) in [5.41, 5.74) is 6.94. The van der Waals surface area contributed by atoms with Crippen molar-refractivity contribution >= 4 is 5.84 Å². The predicted octanol–water partition coefficient (Wildman–Crippen LogP) is 2.10. The van der Waals surface area contributed by atoms with Crippen LogP contribution in [0.2, 0.25) is 0 Å². The Bertz CT molecular complexity index is 432. The zero-order chi connectivity index (χ0) is 13.8. The number of amidine groups is 1. The van der Waals surface area contributed by atoms with Gasteiger partial charge in [-0.15, -0.1) is 0 Å². The van der Waals surface area contributed by atoms with E-state index in [1.807, 2.05) is 30.3 Å². The summed E-state index contributed by atoms with van der Waals surface area (Å²) in [6.07, 6.45) is 1.32. The van der Waals surface area contributed by atoms with Gasteiger partial charge in [-0.3, -0.25) is 0 Å². The van der Waals surface area contributed by atoms with Crippen molar-refractivity contribution in [1.82, 2.24) is 4.90 Å². The van der Waals surface area contributed by atoms with E-state index in [4.69, 9.17) is 10.9 Å². The Morgan fingerprint density at radius 2 is 2.11 bits per heavy atom. The molecule has 4 nitrogen and oxygen atoms in total. The standard InChI is InChI=1S/C15H23N3O/c1-11-8-13(11)9-18(2)10-14(15(16)17-19)12-6-4-3-5-7-12/h3-7,11,13-14,19H,8-10H2,1-2H3,(H2,16,17). The Kier molecular flexibility index (Phi) is 4.43. The van der Waals surface area contributed by atoms with E-state index in [2.05, 4.69) is 24.0 Å². The maximum atomic E-state index is 8.96. The molecule has 0 aromatic heterocycles. The summed E-state index contributed by atoms with van der Waals surface area (Å²) >= 11 is 0. The van der Waals surface area contributed by atoms with E-state index in [1.54, 1.807) is 0 Å². The van der Waals surface area contributed by atoms with Crippen LogP contribution in [0.5, 0.6) is 0 Å². The fourth-order valence-electron chi connectivity index (χ4n) is 2.56. The molecule has 1 aromatic rings. The Labute approximate surface area is 114 Å². The largest absolute Gasteiger partial charge is 0.409 e. The lowest BCUT2D eigenvalue weighted by molar-refractivity contribution is 0.297. The zero-order valence-corrected chi connectivity index (χ0v) is 11.7. The van der Waals surface area contributed by atoms with E-state index in [-0.39, 0.29) is 11.8 Å². The average molecular weight is 261 g/mol. The van der Waals surface area contributed by atoms with Gasteiger partial charge in [0.1, 0.15) is 5.84 Å². The van der Waals surface area contributed by atoms with Crippen molar-refractivity contribution in [3.05, 3.63) is 35.9 Å². The summed E-state index contributed by atoms with van der Waals surface area (Å²) in [7, 11) is 2.10. The lowest BCUT2D eigenvalue weighted by Gasteiger charge is -2.23. The van der Waals surface area contributed by atoms with Crippen LogP contribution in [0.4, 0.5) is 0 Å². The van der Waals surface area contributed by atoms with Gasteiger partial charge in [-0.2, -0.15) is 0 Å². The van der Waals surface area contributed by atoms with Crippen molar-refractivity contribution < 1.29 is 5.21 Å². The van der Waals surface area contributed by atoms with Gasteiger partial charge in [0.25, 0.3) is 0 Å². The monoisotopic (exact) mass is 261 g/mol. The molecule has 0 aliphatic heterocycles. The number of likely N-dealkylation sites (N-methyl/N-ethyl adjacent to an activating group) is 1. The summed E-state index contributed by atoms with van der Waals surface area (Å²) in [4.78, 5) is 2.28. The van der Waals surface area contributed by atoms with Crippen LogP contribution in [0.1, 0.15) is 24.8 Å². The third-order valence-electron chi connectivity index (χ3n) is 3.99. The van der Waals surface area contributed by atoms with E-state index in [0.717, 1.165) is 30.5 Å². The maximum absolute atomic E-state index is 8.96. The molecule has 19 heavy (non-hydrogen) atoms. The van der Waals surface area contributed by atoms with Gasteiger partial charge in [-0.05, 0) is 30.9 Å². The first-order valence-electron chi connectivity index (χ1n) is 6.82.